The van der Waals surface area contributed by atoms with Gasteiger partial charge in [-0.2, -0.15) is 0 Å². The third-order valence-electron chi connectivity index (χ3n) is 4.07. The van der Waals surface area contributed by atoms with Crippen molar-refractivity contribution in [2.75, 3.05) is 0 Å². The molecular weight excluding hydrogens is 343 g/mol. The summed E-state index contributed by atoms with van der Waals surface area (Å²) >= 11 is 0. The van der Waals surface area contributed by atoms with Crippen LogP contribution >= 0.6 is 0 Å². The van der Waals surface area contributed by atoms with Gasteiger partial charge in [0, 0.05) is 12.2 Å². The molecule has 0 saturated heterocycles. The molecule has 1 atom stereocenters. The number of carboxylic acids is 1. The van der Waals surface area contributed by atoms with Crippen molar-refractivity contribution in [2.24, 2.45) is 0 Å². The molecule has 4 rings (SSSR count). The normalized spacial score (nSPS) is 12.7. The lowest BCUT2D eigenvalue weighted by molar-refractivity contribution is -0.137. The van der Waals surface area contributed by atoms with Gasteiger partial charge in [-0.3, -0.25) is 13.8 Å². The Morgan fingerprint density at radius 2 is 2.15 bits per heavy atom. The summed E-state index contributed by atoms with van der Waals surface area (Å²) in [6.07, 6.45) is 3.98. The highest BCUT2D eigenvalue weighted by Gasteiger charge is 2.19. The van der Waals surface area contributed by atoms with Crippen LogP contribution < -0.4 is 5.69 Å². The van der Waals surface area contributed by atoms with E-state index in [9.17, 15) is 14.0 Å². The fourth-order valence-electron chi connectivity index (χ4n) is 2.91. The molecule has 132 valence electrons. The van der Waals surface area contributed by atoms with Crippen molar-refractivity contribution in [3.05, 3.63) is 47.0 Å². The Hall–Kier alpha value is -3.56. The van der Waals surface area contributed by atoms with E-state index in [1.54, 1.807) is 6.92 Å². The Balaban J connectivity index is 1.90. The van der Waals surface area contributed by atoms with Gasteiger partial charge in [-0.05, 0) is 19.1 Å². The van der Waals surface area contributed by atoms with Crippen LogP contribution in [0, 0.1) is 5.82 Å². The van der Waals surface area contributed by atoms with Crippen LogP contribution in [0.2, 0.25) is 0 Å². The van der Waals surface area contributed by atoms with Crippen molar-refractivity contribution < 1.29 is 14.3 Å². The number of nitrogens with one attached hydrogen (secondary N) is 1. The number of aliphatic carboxylic acids is 1. The molecule has 0 fully saturated rings. The molecular formula is C16H13FN6O3. The van der Waals surface area contributed by atoms with E-state index < -0.39 is 23.5 Å². The first kappa shape index (κ1) is 15.9. The maximum atomic E-state index is 13.6. The molecule has 0 spiro atoms. The molecule has 0 aliphatic rings. The monoisotopic (exact) mass is 356 g/mol. The number of aromatic amines is 1. The van der Waals surface area contributed by atoms with Gasteiger partial charge >= 0.3 is 11.7 Å². The molecule has 0 aliphatic heterocycles. The molecule has 9 nitrogen and oxygen atoms in total. The fraction of sp³-hybridized carbons (Fsp3) is 0.188. The maximum Gasteiger partial charge on any atom is 0.327 e. The summed E-state index contributed by atoms with van der Waals surface area (Å²) in [6, 6.07) is 2.22. The summed E-state index contributed by atoms with van der Waals surface area (Å²) < 4.78 is 16.3. The third-order valence-corrected chi connectivity index (χ3v) is 4.07. The average molecular weight is 356 g/mol. The lowest BCUT2D eigenvalue weighted by Crippen LogP contribution is -2.22. The van der Waals surface area contributed by atoms with E-state index in [1.807, 2.05) is 0 Å². The van der Waals surface area contributed by atoms with Gasteiger partial charge in [0.15, 0.2) is 11.5 Å². The van der Waals surface area contributed by atoms with Crippen LogP contribution in [-0.2, 0) is 4.79 Å². The van der Waals surface area contributed by atoms with Crippen molar-refractivity contribution in [2.45, 2.75) is 19.4 Å². The molecule has 0 amide bonds. The van der Waals surface area contributed by atoms with Crippen LogP contribution in [0.5, 0.6) is 0 Å². The number of carboxylic acid groups (broad SMARTS) is 1. The van der Waals surface area contributed by atoms with E-state index in [4.69, 9.17) is 5.11 Å². The van der Waals surface area contributed by atoms with E-state index in [2.05, 4.69) is 19.9 Å². The molecule has 4 aromatic heterocycles. The number of halogens is 1. The molecule has 10 heteroatoms. The van der Waals surface area contributed by atoms with Gasteiger partial charge in [-0.1, -0.05) is 0 Å². The predicted molar refractivity (Wildman–Crippen MR) is 89.3 cm³/mol. The highest BCUT2D eigenvalue weighted by molar-refractivity contribution is 5.73. The van der Waals surface area contributed by atoms with Crippen molar-refractivity contribution in [1.82, 2.24) is 28.9 Å². The summed E-state index contributed by atoms with van der Waals surface area (Å²) in [4.78, 5) is 38.6. The zero-order chi connectivity index (χ0) is 18.4. The summed E-state index contributed by atoms with van der Waals surface area (Å²) in [5, 5.41) is 8.99. The number of imidazole rings is 2. The van der Waals surface area contributed by atoms with E-state index in [0.717, 1.165) is 0 Å². The second-order valence-electron chi connectivity index (χ2n) is 5.90. The standard InChI is InChI=1S/C16H13FN6O3/c1-8(4-13(24)25)23-15-10(20-16(23)26)5-19-14(21-15)11-6-18-12-3-2-9(17)7-22(11)12/h2-3,5-8H,4H2,1H3,(H,20,26)(H,24,25). The predicted octanol–water partition coefficient (Wildman–Crippen LogP) is 1.61. The first-order chi connectivity index (χ1) is 12.4. The molecule has 0 saturated carbocycles. The van der Waals surface area contributed by atoms with Crippen molar-refractivity contribution >= 4 is 22.8 Å². The minimum Gasteiger partial charge on any atom is -0.481 e. The van der Waals surface area contributed by atoms with E-state index in [0.29, 0.717) is 16.9 Å². The number of hydrogen-bond donors (Lipinski definition) is 2. The topological polar surface area (TPSA) is 118 Å². The minimum atomic E-state index is -1.02. The Morgan fingerprint density at radius 3 is 2.92 bits per heavy atom. The molecule has 0 bridgehead atoms. The lowest BCUT2D eigenvalue weighted by Gasteiger charge is -2.10. The minimum absolute atomic E-state index is 0.229. The number of fused-ring (bicyclic) bond motifs is 2. The molecule has 4 aromatic rings. The van der Waals surface area contributed by atoms with Crippen LogP contribution in [0.1, 0.15) is 19.4 Å². The number of rotatable bonds is 4. The first-order valence-electron chi connectivity index (χ1n) is 7.76. The quantitative estimate of drug-likeness (QED) is 0.573. The molecule has 2 N–H and O–H groups in total. The summed E-state index contributed by atoms with van der Waals surface area (Å²) in [7, 11) is 0. The number of carbonyl (C=O) groups is 1. The number of pyridine rings is 1. The average Bonchev–Trinajstić information content (AvgIpc) is 3.12. The van der Waals surface area contributed by atoms with Crippen molar-refractivity contribution in [3.8, 4) is 11.5 Å². The molecule has 4 heterocycles. The Morgan fingerprint density at radius 1 is 1.35 bits per heavy atom. The summed E-state index contributed by atoms with van der Waals surface area (Å²) in [5.41, 5.74) is 1.17. The van der Waals surface area contributed by atoms with Crippen LogP contribution in [0.4, 0.5) is 4.39 Å². The Labute approximate surface area is 144 Å². The molecule has 0 aromatic carbocycles. The molecule has 0 radical (unpaired) electrons. The lowest BCUT2D eigenvalue weighted by atomic mass is 10.2. The molecule has 26 heavy (non-hydrogen) atoms. The highest BCUT2D eigenvalue weighted by atomic mass is 19.1. The van der Waals surface area contributed by atoms with Crippen LogP contribution in [-0.4, -0.2) is 40.0 Å². The second-order valence-corrected chi connectivity index (χ2v) is 5.90. The number of nitrogens with zero attached hydrogens (tertiary/aromatic N) is 5. The van der Waals surface area contributed by atoms with Crippen molar-refractivity contribution in [1.29, 1.82) is 0 Å². The zero-order valence-electron chi connectivity index (χ0n) is 13.5. The van der Waals surface area contributed by atoms with E-state index in [-0.39, 0.29) is 17.9 Å². The first-order valence-corrected chi connectivity index (χ1v) is 7.76. The second kappa shape index (κ2) is 5.76. The van der Waals surface area contributed by atoms with E-state index in [1.165, 1.54) is 39.7 Å². The Kier molecular flexibility index (Phi) is 3.53. The number of aromatic nitrogens is 6. The van der Waals surface area contributed by atoms with E-state index >= 15 is 0 Å². The summed E-state index contributed by atoms with van der Waals surface area (Å²) in [5.74, 6) is -1.22. The van der Waals surface area contributed by atoms with Crippen LogP contribution in [0.15, 0.2) is 35.5 Å². The smallest absolute Gasteiger partial charge is 0.327 e. The SMILES string of the molecule is CC(CC(=O)O)n1c(=O)[nH]c2cnc(-c3cnc4ccc(F)cn34)nc21. The summed E-state index contributed by atoms with van der Waals surface area (Å²) in [6.45, 7) is 1.62. The van der Waals surface area contributed by atoms with Gasteiger partial charge in [0.2, 0.25) is 0 Å². The maximum absolute atomic E-state index is 13.6. The largest absolute Gasteiger partial charge is 0.481 e. The Bertz CT molecular complexity index is 1210. The van der Waals surface area contributed by atoms with Gasteiger partial charge in [-0.15, -0.1) is 0 Å². The van der Waals surface area contributed by atoms with Gasteiger partial charge in [0.05, 0.1) is 18.8 Å². The number of hydrogen-bond acceptors (Lipinski definition) is 5. The zero-order valence-corrected chi connectivity index (χ0v) is 13.5. The van der Waals surface area contributed by atoms with Crippen molar-refractivity contribution in [3.63, 3.8) is 0 Å². The number of H-pyrrole nitrogens is 1. The molecule has 1 unspecified atom stereocenters. The van der Waals surface area contributed by atoms with Crippen LogP contribution in [0.25, 0.3) is 28.3 Å². The third kappa shape index (κ3) is 2.51. The highest BCUT2D eigenvalue weighted by Crippen LogP contribution is 2.21. The van der Waals surface area contributed by atoms with Gasteiger partial charge < -0.3 is 10.1 Å². The molecule has 0 aliphatic carbocycles. The van der Waals surface area contributed by atoms with Crippen LogP contribution in [0.3, 0.4) is 0 Å². The fourth-order valence-corrected chi connectivity index (χ4v) is 2.91. The van der Waals surface area contributed by atoms with Gasteiger partial charge in [0.1, 0.15) is 22.7 Å². The van der Waals surface area contributed by atoms with Gasteiger partial charge in [0.25, 0.3) is 0 Å². The van der Waals surface area contributed by atoms with Gasteiger partial charge in [-0.25, -0.2) is 24.1 Å².